The fraction of sp³-hybridized carbons (Fsp3) is 0.200. The summed E-state index contributed by atoms with van der Waals surface area (Å²) < 4.78 is 0. The van der Waals surface area contributed by atoms with E-state index in [2.05, 4.69) is 96.8 Å². The standard InChI is InChI=1S/C25H26P/c1-5-13-22(14-6-1)21-26(23-15-7-2-8-16-23,24-17-9-3-10-18-24)25-19-11-4-12-20-25/h2-4,7-12,15-21H,1,5-6,13-14H2/q+1. The van der Waals surface area contributed by atoms with Gasteiger partial charge in [0.05, 0.1) is 5.82 Å². The van der Waals surface area contributed by atoms with Gasteiger partial charge in [-0.2, -0.15) is 0 Å². The van der Waals surface area contributed by atoms with Gasteiger partial charge < -0.3 is 0 Å². The van der Waals surface area contributed by atoms with Crippen molar-refractivity contribution < 1.29 is 0 Å². The van der Waals surface area contributed by atoms with Crippen molar-refractivity contribution in [2.45, 2.75) is 32.1 Å². The maximum Gasteiger partial charge on any atom is 0.136 e. The Morgan fingerprint density at radius 1 is 0.500 bits per heavy atom. The molecule has 0 heterocycles. The van der Waals surface area contributed by atoms with Crippen LogP contribution in [-0.2, 0) is 0 Å². The van der Waals surface area contributed by atoms with Gasteiger partial charge in [0, 0.05) is 0 Å². The van der Waals surface area contributed by atoms with E-state index < -0.39 is 7.26 Å². The highest BCUT2D eigenvalue weighted by molar-refractivity contribution is 7.98. The normalized spacial score (nSPS) is 14.8. The molecule has 0 N–H and O–H groups in total. The van der Waals surface area contributed by atoms with Gasteiger partial charge in [0.1, 0.15) is 23.2 Å². The number of allylic oxidation sites excluding steroid dienone is 1. The third-order valence-electron chi connectivity index (χ3n) is 5.36. The van der Waals surface area contributed by atoms with Gasteiger partial charge in [-0.15, -0.1) is 0 Å². The summed E-state index contributed by atoms with van der Waals surface area (Å²) in [6.45, 7) is 0. The lowest BCUT2D eigenvalue weighted by Crippen LogP contribution is -2.30. The van der Waals surface area contributed by atoms with E-state index in [0.717, 1.165) is 0 Å². The first-order valence-corrected chi connectivity index (χ1v) is 11.5. The second-order valence-electron chi connectivity index (χ2n) is 7.08. The zero-order chi connectivity index (χ0) is 17.7. The topological polar surface area (TPSA) is 0 Å². The molecule has 0 atom stereocenters. The summed E-state index contributed by atoms with van der Waals surface area (Å²) >= 11 is 0. The van der Waals surface area contributed by atoms with Crippen molar-refractivity contribution in [1.29, 1.82) is 0 Å². The second kappa shape index (κ2) is 8.02. The van der Waals surface area contributed by atoms with E-state index in [-0.39, 0.29) is 0 Å². The molecule has 4 rings (SSSR count). The summed E-state index contributed by atoms with van der Waals surface area (Å²) in [5, 5.41) is 4.36. The number of benzene rings is 3. The van der Waals surface area contributed by atoms with E-state index in [1.807, 2.05) is 0 Å². The first-order chi connectivity index (χ1) is 12.9. The van der Waals surface area contributed by atoms with Crippen molar-refractivity contribution in [2.24, 2.45) is 0 Å². The molecule has 0 radical (unpaired) electrons. The Kier molecular flexibility index (Phi) is 5.32. The van der Waals surface area contributed by atoms with Crippen LogP contribution in [-0.4, -0.2) is 0 Å². The van der Waals surface area contributed by atoms with Crippen molar-refractivity contribution in [3.8, 4) is 0 Å². The van der Waals surface area contributed by atoms with Gasteiger partial charge in [0.25, 0.3) is 0 Å². The molecule has 1 aliphatic carbocycles. The zero-order valence-corrected chi connectivity index (χ0v) is 16.1. The Morgan fingerprint density at radius 2 is 0.885 bits per heavy atom. The van der Waals surface area contributed by atoms with Crippen LogP contribution in [0.4, 0.5) is 0 Å². The smallest absolute Gasteiger partial charge is 0.0620 e. The number of hydrogen-bond acceptors (Lipinski definition) is 0. The molecule has 0 aromatic heterocycles. The first kappa shape index (κ1) is 17.3. The van der Waals surface area contributed by atoms with Crippen LogP contribution >= 0.6 is 7.26 Å². The lowest BCUT2D eigenvalue weighted by Gasteiger charge is -2.26. The molecule has 0 spiro atoms. The monoisotopic (exact) mass is 357 g/mol. The molecule has 0 saturated heterocycles. The summed E-state index contributed by atoms with van der Waals surface area (Å²) in [5.74, 6) is 2.69. The van der Waals surface area contributed by atoms with Gasteiger partial charge in [-0.3, -0.25) is 0 Å². The molecule has 0 nitrogen and oxygen atoms in total. The molecule has 0 aliphatic heterocycles. The lowest BCUT2D eigenvalue weighted by molar-refractivity contribution is 0.600. The molecule has 130 valence electrons. The Balaban J connectivity index is 2.00. The van der Waals surface area contributed by atoms with Gasteiger partial charge in [-0.25, -0.2) is 0 Å². The second-order valence-corrected chi connectivity index (χ2v) is 10.3. The minimum absolute atomic E-state index is 1.26. The third kappa shape index (κ3) is 3.39. The van der Waals surface area contributed by atoms with Crippen LogP contribution in [0.1, 0.15) is 32.1 Å². The van der Waals surface area contributed by atoms with E-state index >= 15 is 0 Å². The van der Waals surface area contributed by atoms with Crippen LogP contribution in [0.25, 0.3) is 0 Å². The van der Waals surface area contributed by atoms with E-state index in [4.69, 9.17) is 0 Å². The molecule has 26 heavy (non-hydrogen) atoms. The van der Waals surface area contributed by atoms with Crippen LogP contribution < -0.4 is 15.9 Å². The molecule has 1 saturated carbocycles. The summed E-state index contributed by atoms with van der Waals surface area (Å²) in [6, 6.07) is 33.5. The molecule has 3 aromatic rings. The van der Waals surface area contributed by atoms with Crippen LogP contribution in [0.15, 0.2) is 102 Å². The molecule has 0 unspecified atom stereocenters. The SMILES string of the molecule is C(=C1CCCCC1)[P+](c1ccccc1)(c1ccccc1)c1ccccc1. The molecule has 1 fully saturated rings. The third-order valence-corrected chi connectivity index (χ3v) is 9.45. The van der Waals surface area contributed by atoms with Crippen molar-refractivity contribution in [2.75, 3.05) is 0 Å². The molecular formula is C25H26P+. The van der Waals surface area contributed by atoms with Crippen molar-refractivity contribution in [1.82, 2.24) is 0 Å². The van der Waals surface area contributed by atoms with Gasteiger partial charge in [-0.05, 0) is 67.7 Å². The summed E-state index contributed by atoms with van der Waals surface area (Å²) in [6.07, 6.45) is 6.57. The van der Waals surface area contributed by atoms with E-state index in [1.54, 1.807) is 5.57 Å². The molecule has 3 aromatic carbocycles. The van der Waals surface area contributed by atoms with Gasteiger partial charge in [0.15, 0.2) is 0 Å². The van der Waals surface area contributed by atoms with E-state index in [9.17, 15) is 0 Å². The fourth-order valence-corrected chi connectivity index (χ4v) is 8.14. The Labute approximate surface area is 157 Å². The molecular weight excluding hydrogens is 331 g/mol. The van der Waals surface area contributed by atoms with E-state index in [0.29, 0.717) is 0 Å². The Hall–Kier alpha value is -2.17. The average Bonchev–Trinajstić information content (AvgIpc) is 2.75. The van der Waals surface area contributed by atoms with Gasteiger partial charge in [-0.1, -0.05) is 61.0 Å². The van der Waals surface area contributed by atoms with Crippen molar-refractivity contribution in [3.63, 3.8) is 0 Å². The summed E-state index contributed by atoms with van der Waals surface area (Å²) in [5.41, 5.74) is 1.65. The predicted octanol–water partition coefficient (Wildman–Crippen LogP) is 5.83. The fourth-order valence-electron chi connectivity index (χ4n) is 4.07. The van der Waals surface area contributed by atoms with Gasteiger partial charge in [0.2, 0.25) is 0 Å². The van der Waals surface area contributed by atoms with Crippen LogP contribution in [0.5, 0.6) is 0 Å². The quantitative estimate of drug-likeness (QED) is 0.516. The largest absolute Gasteiger partial charge is 0.136 e. The number of rotatable bonds is 4. The highest BCUT2D eigenvalue weighted by atomic mass is 31.2. The van der Waals surface area contributed by atoms with Crippen molar-refractivity contribution in [3.05, 3.63) is 102 Å². The van der Waals surface area contributed by atoms with Crippen molar-refractivity contribution >= 4 is 23.2 Å². The molecule has 1 aliphatic rings. The van der Waals surface area contributed by atoms with Crippen LogP contribution in [0.3, 0.4) is 0 Å². The first-order valence-electron chi connectivity index (χ1n) is 9.66. The number of hydrogen-bond donors (Lipinski definition) is 0. The molecule has 0 bridgehead atoms. The maximum atomic E-state index is 2.69. The minimum atomic E-state index is -1.78. The highest BCUT2D eigenvalue weighted by Gasteiger charge is 2.43. The minimum Gasteiger partial charge on any atom is -0.0620 e. The Morgan fingerprint density at radius 3 is 1.27 bits per heavy atom. The Bertz CT molecular complexity index is 746. The average molecular weight is 357 g/mol. The predicted molar refractivity (Wildman–Crippen MR) is 116 cm³/mol. The molecule has 1 heteroatoms. The highest BCUT2D eigenvalue weighted by Crippen LogP contribution is 2.58. The summed E-state index contributed by atoms with van der Waals surface area (Å²) in [4.78, 5) is 0. The maximum absolute atomic E-state index is 2.69. The summed E-state index contributed by atoms with van der Waals surface area (Å²) in [7, 11) is -1.78. The lowest BCUT2D eigenvalue weighted by atomic mass is 9.96. The molecule has 0 amide bonds. The van der Waals surface area contributed by atoms with Crippen LogP contribution in [0.2, 0.25) is 0 Å². The van der Waals surface area contributed by atoms with Crippen LogP contribution in [0, 0.1) is 0 Å². The van der Waals surface area contributed by atoms with E-state index in [1.165, 1.54) is 48.0 Å². The zero-order valence-electron chi connectivity index (χ0n) is 15.2. The van der Waals surface area contributed by atoms with Gasteiger partial charge >= 0.3 is 0 Å².